The Morgan fingerprint density at radius 2 is 1.72 bits per heavy atom. The van der Waals surface area contributed by atoms with Crippen LogP contribution in [0.1, 0.15) is 25.3 Å². The minimum absolute atomic E-state index is 0.117. The molecule has 0 spiro atoms. The molecule has 25 heavy (non-hydrogen) atoms. The van der Waals surface area contributed by atoms with Crippen molar-refractivity contribution in [2.75, 3.05) is 26.1 Å². The number of ether oxygens (including phenoxy) is 3. The van der Waals surface area contributed by atoms with Crippen molar-refractivity contribution >= 4 is 23.2 Å². The summed E-state index contributed by atoms with van der Waals surface area (Å²) in [5.74, 6) is 1.70. The highest BCUT2D eigenvalue weighted by atomic mass is 35.5. The van der Waals surface area contributed by atoms with Gasteiger partial charge in [0.15, 0.2) is 6.61 Å². The van der Waals surface area contributed by atoms with Crippen LogP contribution in [0.3, 0.4) is 0 Å². The molecule has 0 aromatic heterocycles. The molecule has 0 fully saturated rings. The largest absolute Gasteiger partial charge is 0.495 e. The number of methoxy groups -OCH3 is 2. The minimum atomic E-state index is -0.313. The molecule has 0 saturated carbocycles. The zero-order valence-corrected chi connectivity index (χ0v) is 15.5. The third kappa shape index (κ3) is 5.03. The molecule has 0 aliphatic heterocycles. The number of rotatable bonds is 7. The number of amides is 1. The molecule has 1 amide bonds. The van der Waals surface area contributed by atoms with E-state index in [-0.39, 0.29) is 12.5 Å². The van der Waals surface area contributed by atoms with Crippen LogP contribution in [0.15, 0.2) is 36.4 Å². The Labute approximate surface area is 152 Å². The van der Waals surface area contributed by atoms with Gasteiger partial charge in [-0.25, -0.2) is 0 Å². The summed E-state index contributed by atoms with van der Waals surface area (Å²) in [7, 11) is 3.02. The van der Waals surface area contributed by atoms with E-state index in [1.54, 1.807) is 12.1 Å². The molecule has 0 bridgehead atoms. The quantitative estimate of drug-likeness (QED) is 0.787. The maximum absolute atomic E-state index is 12.1. The highest BCUT2D eigenvalue weighted by Crippen LogP contribution is 2.35. The average Bonchev–Trinajstić information content (AvgIpc) is 2.60. The molecular weight excluding hydrogens is 342 g/mol. The molecule has 6 heteroatoms. The molecule has 0 unspecified atom stereocenters. The first kappa shape index (κ1) is 18.9. The van der Waals surface area contributed by atoms with E-state index in [4.69, 9.17) is 25.8 Å². The molecule has 134 valence electrons. The van der Waals surface area contributed by atoms with Crippen molar-refractivity contribution in [3.8, 4) is 17.2 Å². The molecule has 0 heterocycles. The number of carbonyl (C=O) groups is 1. The van der Waals surface area contributed by atoms with E-state index < -0.39 is 0 Å². The Morgan fingerprint density at radius 1 is 1.08 bits per heavy atom. The Hall–Kier alpha value is -2.40. The highest BCUT2D eigenvalue weighted by molar-refractivity contribution is 6.32. The van der Waals surface area contributed by atoms with Crippen LogP contribution in [0.5, 0.6) is 17.2 Å². The lowest BCUT2D eigenvalue weighted by molar-refractivity contribution is -0.118. The summed E-state index contributed by atoms with van der Waals surface area (Å²) in [6.07, 6.45) is 0. The molecule has 0 radical (unpaired) electrons. The van der Waals surface area contributed by atoms with Crippen LogP contribution >= 0.6 is 11.6 Å². The van der Waals surface area contributed by atoms with Gasteiger partial charge in [0.2, 0.25) is 0 Å². The average molecular weight is 364 g/mol. The van der Waals surface area contributed by atoms with E-state index >= 15 is 0 Å². The summed E-state index contributed by atoms with van der Waals surface area (Å²) < 4.78 is 15.9. The van der Waals surface area contributed by atoms with Crippen LogP contribution < -0.4 is 19.5 Å². The molecule has 0 aliphatic rings. The van der Waals surface area contributed by atoms with Crippen molar-refractivity contribution in [3.63, 3.8) is 0 Å². The lowest BCUT2D eigenvalue weighted by Gasteiger charge is -2.13. The Morgan fingerprint density at radius 3 is 2.28 bits per heavy atom. The van der Waals surface area contributed by atoms with Gasteiger partial charge in [0.1, 0.15) is 17.2 Å². The standard InChI is InChI=1S/C19H22ClNO4/c1-12(2)13-5-7-14(8-6-13)25-11-19(22)21-16-9-15(20)17(23-3)10-18(16)24-4/h5-10,12H,11H2,1-4H3,(H,21,22). The van der Waals surface area contributed by atoms with Gasteiger partial charge in [0.05, 0.1) is 24.9 Å². The third-order valence-electron chi connectivity index (χ3n) is 3.66. The van der Waals surface area contributed by atoms with Gasteiger partial charge in [-0.3, -0.25) is 4.79 Å². The van der Waals surface area contributed by atoms with Gasteiger partial charge in [-0.05, 0) is 29.7 Å². The second-order valence-electron chi connectivity index (χ2n) is 5.75. The van der Waals surface area contributed by atoms with Crippen LogP contribution in [-0.4, -0.2) is 26.7 Å². The van der Waals surface area contributed by atoms with E-state index in [0.717, 1.165) is 0 Å². The van der Waals surface area contributed by atoms with Gasteiger partial charge < -0.3 is 19.5 Å². The summed E-state index contributed by atoms with van der Waals surface area (Å²) >= 11 is 6.09. The molecule has 2 aromatic rings. The predicted molar refractivity (Wildman–Crippen MR) is 99.2 cm³/mol. The molecular formula is C19H22ClNO4. The summed E-state index contributed by atoms with van der Waals surface area (Å²) in [5.41, 5.74) is 1.67. The van der Waals surface area contributed by atoms with Gasteiger partial charge >= 0.3 is 0 Å². The lowest BCUT2D eigenvalue weighted by atomic mass is 10.0. The Kier molecular flexibility index (Phi) is 6.53. The number of carbonyl (C=O) groups excluding carboxylic acids is 1. The smallest absolute Gasteiger partial charge is 0.262 e. The van der Waals surface area contributed by atoms with Crippen LogP contribution in [-0.2, 0) is 4.79 Å². The molecule has 0 saturated heterocycles. The van der Waals surface area contributed by atoms with Gasteiger partial charge in [-0.2, -0.15) is 0 Å². The summed E-state index contributed by atoms with van der Waals surface area (Å²) in [6, 6.07) is 10.9. The van der Waals surface area contributed by atoms with Gasteiger partial charge in [-0.15, -0.1) is 0 Å². The monoisotopic (exact) mass is 363 g/mol. The van der Waals surface area contributed by atoms with Crippen LogP contribution in [0.4, 0.5) is 5.69 Å². The van der Waals surface area contributed by atoms with Crippen molar-refractivity contribution in [3.05, 3.63) is 47.0 Å². The Balaban J connectivity index is 1.99. The predicted octanol–water partition coefficient (Wildman–Crippen LogP) is 4.50. The van der Waals surface area contributed by atoms with Gasteiger partial charge in [-0.1, -0.05) is 37.6 Å². The van der Waals surface area contributed by atoms with Crippen molar-refractivity contribution in [1.29, 1.82) is 0 Å². The number of hydrogen-bond acceptors (Lipinski definition) is 4. The first-order valence-electron chi connectivity index (χ1n) is 7.88. The summed E-state index contributed by atoms with van der Waals surface area (Å²) in [5, 5.41) is 3.10. The van der Waals surface area contributed by atoms with Gasteiger partial charge in [0, 0.05) is 6.07 Å². The molecule has 0 atom stereocenters. The fourth-order valence-corrected chi connectivity index (χ4v) is 2.48. The third-order valence-corrected chi connectivity index (χ3v) is 3.96. The van der Waals surface area contributed by atoms with Crippen molar-refractivity contribution in [2.24, 2.45) is 0 Å². The SMILES string of the molecule is COc1cc(OC)c(NC(=O)COc2ccc(C(C)C)cc2)cc1Cl. The summed E-state index contributed by atoms with van der Waals surface area (Å²) in [4.78, 5) is 12.1. The van der Waals surface area contributed by atoms with Crippen LogP contribution in [0.25, 0.3) is 0 Å². The fourth-order valence-electron chi connectivity index (χ4n) is 2.24. The zero-order valence-electron chi connectivity index (χ0n) is 14.8. The number of nitrogens with one attached hydrogen (secondary N) is 1. The molecule has 0 aliphatic carbocycles. The highest BCUT2D eigenvalue weighted by Gasteiger charge is 2.13. The normalized spacial score (nSPS) is 10.5. The second-order valence-corrected chi connectivity index (χ2v) is 6.15. The second kappa shape index (κ2) is 8.62. The Bertz CT molecular complexity index is 729. The molecule has 2 aromatic carbocycles. The van der Waals surface area contributed by atoms with Gasteiger partial charge in [0.25, 0.3) is 5.91 Å². The van der Waals surface area contributed by atoms with E-state index in [1.807, 2.05) is 24.3 Å². The number of halogens is 1. The van der Waals surface area contributed by atoms with E-state index in [0.29, 0.717) is 33.9 Å². The lowest BCUT2D eigenvalue weighted by Crippen LogP contribution is -2.20. The number of benzene rings is 2. The molecule has 1 N–H and O–H groups in total. The van der Waals surface area contributed by atoms with Crippen molar-refractivity contribution in [2.45, 2.75) is 19.8 Å². The maximum atomic E-state index is 12.1. The number of anilines is 1. The van der Waals surface area contributed by atoms with Crippen LogP contribution in [0, 0.1) is 0 Å². The maximum Gasteiger partial charge on any atom is 0.262 e. The topological polar surface area (TPSA) is 56.8 Å². The first-order chi connectivity index (χ1) is 11.9. The van der Waals surface area contributed by atoms with Crippen molar-refractivity contribution < 1.29 is 19.0 Å². The molecule has 2 rings (SSSR count). The number of hydrogen-bond donors (Lipinski definition) is 1. The zero-order chi connectivity index (χ0) is 18.4. The first-order valence-corrected chi connectivity index (χ1v) is 8.26. The molecule has 5 nitrogen and oxygen atoms in total. The fraction of sp³-hybridized carbons (Fsp3) is 0.316. The van der Waals surface area contributed by atoms with Crippen molar-refractivity contribution in [1.82, 2.24) is 0 Å². The van der Waals surface area contributed by atoms with E-state index in [2.05, 4.69) is 19.2 Å². The van der Waals surface area contributed by atoms with E-state index in [1.165, 1.54) is 19.8 Å². The van der Waals surface area contributed by atoms with Crippen LogP contribution in [0.2, 0.25) is 5.02 Å². The van der Waals surface area contributed by atoms with E-state index in [9.17, 15) is 4.79 Å². The summed E-state index contributed by atoms with van der Waals surface area (Å²) in [6.45, 7) is 4.13. The minimum Gasteiger partial charge on any atom is -0.495 e.